The van der Waals surface area contributed by atoms with Crippen LogP contribution >= 0.6 is 0 Å². The highest BCUT2D eigenvalue weighted by Crippen LogP contribution is 2.33. The first-order valence-electron chi connectivity index (χ1n) is 4.54. The molecule has 0 saturated carbocycles. The second kappa shape index (κ2) is 2.88. The van der Waals surface area contributed by atoms with Crippen molar-refractivity contribution in [1.82, 2.24) is 0 Å². The van der Waals surface area contributed by atoms with Gasteiger partial charge in [-0.15, -0.1) is 0 Å². The number of benzene rings is 1. The second-order valence-corrected chi connectivity index (χ2v) is 3.87. The van der Waals surface area contributed by atoms with Crippen LogP contribution in [0, 0.1) is 11.3 Å². The molecule has 2 heteroatoms. The molecule has 70 valence electrons. The first kappa shape index (κ1) is 8.83. The quantitative estimate of drug-likeness (QED) is 0.622. The van der Waals surface area contributed by atoms with E-state index in [4.69, 9.17) is 10.00 Å². The molecule has 1 aliphatic heterocycles. The monoisotopic (exact) mass is 185 g/mol. The van der Waals surface area contributed by atoms with Gasteiger partial charge in [0.05, 0.1) is 5.56 Å². The standard InChI is InChI=1S/C12H11NO/c1-12(2)7-6-9-4-3-5-10(8-13)11(9)14-12/h3-7H,1-2H3. The molecule has 0 aliphatic carbocycles. The van der Waals surface area contributed by atoms with Crippen LogP contribution in [0.4, 0.5) is 0 Å². The molecule has 2 nitrogen and oxygen atoms in total. The lowest BCUT2D eigenvalue weighted by atomic mass is 10.0. The topological polar surface area (TPSA) is 33.0 Å². The number of hydrogen-bond acceptors (Lipinski definition) is 2. The van der Waals surface area contributed by atoms with Crippen molar-refractivity contribution < 1.29 is 4.74 Å². The van der Waals surface area contributed by atoms with Crippen LogP contribution in [0.2, 0.25) is 0 Å². The van der Waals surface area contributed by atoms with Gasteiger partial charge in [-0.3, -0.25) is 0 Å². The van der Waals surface area contributed by atoms with Crippen LogP contribution in [-0.2, 0) is 0 Å². The summed E-state index contributed by atoms with van der Waals surface area (Å²) in [6.07, 6.45) is 4.00. The minimum Gasteiger partial charge on any atom is -0.482 e. The zero-order chi connectivity index (χ0) is 10.2. The Morgan fingerprint density at radius 3 is 2.86 bits per heavy atom. The van der Waals surface area contributed by atoms with Gasteiger partial charge >= 0.3 is 0 Å². The predicted molar refractivity (Wildman–Crippen MR) is 54.9 cm³/mol. The number of nitrogens with zero attached hydrogens (tertiary/aromatic N) is 1. The molecule has 2 rings (SSSR count). The summed E-state index contributed by atoms with van der Waals surface area (Å²) in [5.41, 5.74) is 1.25. The molecule has 1 aliphatic rings. The van der Waals surface area contributed by atoms with Crippen LogP contribution in [0.1, 0.15) is 25.0 Å². The van der Waals surface area contributed by atoms with Crippen molar-refractivity contribution in [1.29, 1.82) is 5.26 Å². The molecule has 0 N–H and O–H groups in total. The van der Waals surface area contributed by atoms with E-state index in [1.165, 1.54) is 0 Å². The van der Waals surface area contributed by atoms with E-state index >= 15 is 0 Å². The summed E-state index contributed by atoms with van der Waals surface area (Å²) in [5, 5.41) is 8.91. The minimum absolute atomic E-state index is 0.319. The highest BCUT2D eigenvalue weighted by atomic mass is 16.5. The van der Waals surface area contributed by atoms with Gasteiger partial charge < -0.3 is 4.74 Å². The molecule has 1 aromatic rings. The third-order valence-corrected chi connectivity index (χ3v) is 2.20. The van der Waals surface area contributed by atoms with Crippen molar-refractivity contribution >= 4 is 6.08 Å². The number of fused-ring (bicyclic) bond motifs is 1. The second-order valence-electron chi connectivity index (χ2n) is 3.87. The number of ether oxygens (including phenoxy) is 1. The van der Waals surface area contributed by atoms with E-state index in [1.54, 1.807) is 6.07 Å². The highest BCUT2D eigenvalue weighted by molar-refractivity contribution is 5.65. The summed E-state index contributed by atoms with van der Waals surface area (Å²) in [6.45, 7) is 3.95. The summed E-state index contributed by atoms with van der Waals surface area (Å²) < 4.78 is 5.73. The molecular weight excluding hydrogens is 174 g/mol. The summed E-state index contributed by atoms with van der Waals surface area (Å²) in [6, 6.07) is 7.72. The van der Waals surface area contributed by atoms with E-state index in [1.807, 2.05) is 38.1 Å². The van der Waals surface area contributed by atoms with Crippen LogP contribution in [0.5, 0.6) is 5.75 Å². The van der Waals surface area contributed by atoms with Gasteiger partial charge in [0.2, 0.25) is 0 Å². The first-order chi connectivity index (χ1) is 6.62. The summed E-state index contributed by atoms with van der Waals surface area (Å²) in [5.74, 6) is 0.697. The largest absolute Gasteiger partial charge is 0.482 e. The van der Waals surface area contributed by atoms with Gasteiger partial charge in [0.15, 0.2) is 0 Å². The molecule has 0 amide bonds. The molecule has 0 spiro atoms. The van der Waals surface area contributed by atoms with E-state index in [0.29, 0.717) is 11.3 Å². The van der Waals surface area contributed by atoms with Crippen molar-refractivity contribution in [2.45, 2.75) is 19.4 Å². The lowest BCUT2D eigenvalue weighted by Crippen LogP contribution is -2.27. The van der Waals surface area contributed by atoms with Gasteiger partial charge in [0, 0.05) is 5.56 Å². The fraction of sp³-hybridized carbons (Fsp3) is 0.250. The van der Waals surface area contributed by atoms with Crippen molar-refractivity contribution in [3.63, 3.8) is 0 Å². The third-order valence-electron chi connectivity index (χ3n) is 2.20. The van der Waals surface area contributed by atoms with E-state index < -0.39 is 0 Å². The van der Waals surface area contributed by atoms with Gasteiger partial charge in [-0.2, -0.15) is 5.26 Å². The molecule has 0 fully saturated rings. The molecule has 0 aromatic heterocycles. The van der Waals surface area contributed by atoms with Gasteiger partial charge in [0.25, 0.3) is 0 Å². The van der Waals surface area contributed by atoms with Crippen molar-refractivity contribution in [3.05, 3.63) is 35.4 Å². The van der Waals surface area contributed by atoms with Crippen LogP contribution in [-0.4, -0.2) is 5.60 Å². The smallest absolute Gasteiger partial charge is 0.145 e. The van der Waals surface area contributed by atoms with E-state index in [9.17, 15) is 0 Å². The summed E-state index contributed by atoms with van der Waals surface area (Å²) in [4.78, 5) is 0. The Kier molecular flexibility index (Phi) is 1.82. The van der Waals surface area contributed by atoms with E-state index in [0.717, 1.165) is 5.56 Å². The van der Waals surface area contributed by atoms with E-state index in [-0.39, 0.29) is 5.60 Å². The predicted octanol–water partition coefficient (Wildman–Crippen LogP) is 2.74. The Labute approximate surface area is 83.4 Å². The highest BCUT2D eigenvalue weighted by Gasteiger charge is 2.23. The van der Waals surface area contributed by atoms with Crippen molar-refractivity contribution in [2.75, 3.05) is 0 Å². The number of para-hydroxylation sites is 1. The molecule has 0 radical (unpaired) electrons. The molecular formula is C12H11NO. The van der Waals surface area contributed by atoms with Crippen LogP contribution in [0.3, 0.4) is 0 Å². The van der Waals surface area contributed by atoms with Crippen LogP contribution in [0.25, 0.3) is 6.08 Å². The average Bonchev–Trinajstić information content (AvgIpc) is 2.15. The van der Waals surface area contributed by atoms with Crippen molar-refractivity contribution in [2.24, 2.45) is 0 Å². The zero-order valence-corrected chi connectivity index (χ0v) is 8.24. The molecule has 14 heavy (non-hydrogen) atoms. The van der Waals surface area contributed by atoms with Gasteiger partial charge in [-0.05, 0) is 26.0 Å². The molecule has 0 atom stereocenters. The van der Waals surface area contributed by atoms with Gasteiger partial charge in [0.1, 0.15) is 17.4 Å². The molecule has 0 unspecified atom stereocenters. The fourth-order valence-corrected chi connectivity index (χ4v) is 1.48. The SMILES string of the molecule is CC1(C)C=Cc2cccc(C#N)c2O1. The molecule has 0 bridgehead atoms. The van der Waals surface area contributed by atoms with Gasteiger partial charge in [-0.1, -0.05) is 18.2 Å². The number of rotatable bonds is 0. The average molecular weight is 185 g/mol. The number of hydrogen-bond donors (Lipinski definition) is 0. The summed E-state index contributed by atoms with van der Waals surface area (Å²) >= 11 is 0. The fourth-order valence-electron chi connectivity index (χ4n) is 1.48. The van der Waals surface area contributed by atoms with Crippen LogP contribution in [0.15, 0.2) is 24.3 Å². The Morgan fingerprint density at radius 1 is 1.36 bits per heavy atom. The lowest BCUT2D eigenvalue weighted by molar-refractivity contribution is 0.158. The molecule has 1 aromatic carbocycles. The van der Waals surface area contributed by atoms with Crippen molar-refractivity contribution in [3.8, 4) is 11.8 Å². The van der Waals surface area contributed by atoms with E-state index in [2.05, 4.69) is 6.07 Å². The van der Waals surface area contributed by atoms with Crippen LogP contribution < -0.4 is 4.74 Å². The maximum absolute atomic E-state index is 8.91. The maximum Gasteiger partial charge on any atom is 0.145 e. The summed E-state index contributed by atoms with van der Waals surface area (Å²) in [7, 11) is 0. The zero-order valence-electron chi connectivity index (χ0n) is 8.24. The maximum atomic E-state index is 8.91. The first-order valence-corrected chi connectivity index (χ1v) is 4.54. The Balaban J connectivity index is 2.58. The third kappa shape index (κ3) is 1.38. The van der Waals surface area contributed by atoms with Gasteiger partial charge in [-0.25, -0.2) is 0 Å². The Hall–Kier alpha value is -1.75. The molecule has 0 saturated heterocycles. The minimum atomic E-state index is -0.319. The lowest BCUT2D eigenvalue weighted by Gasteiger charge is -2.28. The number of nitriles is 1. The molecule has 1 heterocycles. The Bertz CT molecular complexity index is 438. The Morgan fingerprint density at radius 2 is 2.14 bits per heavy atom. The normalized spacial score (nSPS) is 16.6.